The van der Waals surface area contributed by atoms with Gasteiger partial charge >= 0.3 is 0 Å². The minimum Gasteiger partial charge on any atom is -0.349 e. The maximum atomic E-state index is 12.9. The van der Waals surface area contributed by atoms with Gasteiger partial charge in [0.1, 0.15) is 0 Å². The van der Waals surface area contributed by atoms with Crippen molar-refractivity contribution in [1.82, 2.24) is 15.1 Å². The molecule has 3 amide bonds. The summed E-state index contributed by atoms with van der Waals surface area (Å²) in [6.45, 7) is 6.06. The van der Waals surface area contributed by atoms with Gasteiger partial charge in [-0.2, -0.15) is 0 Å². The number of piperazine rings is 1. The van der Waals surface area contributed by atoms with Crippen LogP contribution in [0.3, 0.4) is 0 Å². The van der Waals surface area contributed by atoms with Crippen molar-refractivity contribution in [3.63, 3.8) is 0 Å². The third-order valence-corrected chi connectivity index (χ3v) is 5.71. The second-order valence-corrected chi connectivity index (χ2v) is 8.52. The zero-order valence-corrected chi connectivity index (χ0v) is 19.2. The summed E-state index contributed by atoms with van der Waals surface area (Å²) in [4.78, 5) is 40.7. The molecule has 0 bridgehead atoms. The predicted molar refractivity (Wildman–Crippen MR) is 125 cm³/mol. The van der Waals surface area contributed by atoms with Crippen LogP contribution in [-0.4, -0.2) is 60.2 Å². The molecule has 2 aromatic carbocycles. The van der Waals surface area contributed by atoms with Gasteiger partial charge in [-0.05, 0) is 36.8 Å². The van der Waals surface area contributed by atoms with Crippen molar-refractivity contribution < 1.29 is 14.4 Å². The zero-order chi connectivity index (χ0) is 23.1. The quantitative estimate of drug-likeness (QED) is 0.671. The molecule has 1 unspecified atom stereocenters. The van der Waals surface area contributed by atoms with E-state index in [1.807, 2.05) is 48.2 Å². The van der Waals surface area contributed by atoms with Gasteiger partial charge in [0.15, 0.2) is 0 Å². The number of carbonyl (C=O) groups is 3. The van der Waals surface area contributed by atoms with Gasteiger partial charge in [0.2, 0.25) is 17.7 Å². The first-order valence-electron chi connectivity index (χ1n) is 10.7. The van der Waals surface area contributed by atoms with E-state index >= 15 is 0 Å². The molecule has 2 N–H and O–H groups in total. The molecule has 0 aliphatic carbocycles. The van der Waals surface area contributed by atoms with Gasteiger partial charge in [0.05, 0.1) is 19.0 Å². The zero-order valence-electron chi connectivity index (χ0n) is 18.4. The number of amides is 3. The van der Waals surface area contributed by atoms with E-state index in [1.165, 1.54) is 6.92 Å². The Hall–Kier alpha value is -2.90. The summed E-state index contributed by atoms with van der Waals surface area (Å²) in [7, 11) is 0. The molecule has 1 fully saturated rings. The third kappa shape index (κ3) is 7.07. The average molecular weight is 457 g/mol. The summed E-state index contributed by atoms with van der Waals surface area (Å²) >= 11 is 5.96. The highest BCUT2D eigenvalue weighted by molar-refractivity contribution is 6.30. The summed E-state index contributed by atoms with van der Waals surface area (Å²) in [5, 5.41) is 6.36. The highest BCUT2D eigenvalue weighted by Crippen LogP contribution is 2.21. The van der Waals surface area contributed by atoms with E-state index in [0.29, 0.717) is 31.2 Å². The molecule has 3 rings (SSSR count). The molecule has 8 heteroatoms. The van der Waals surface area contributed by atoms with Crippen LogP contribution in [-0.2, 0) is 14.4 Å². The first-order chi connectivity index (χ1) is 15.3. The fourth-order valence-corrected chi connectivity index (χ4v) is 3.82. The number of aryl methyl sites for hydroxylation is 1. The average Bonchev–Trinajstić information content (AvgIpc) is 2.75. The number of hydrogen-bond donors (Lipinski definition) is 2. The number of halogens is 1. The number of anilines is 1. The predicted octanol–water partition coefficient (Wildman–Crippen LogP) is 3.00. The van der Waals surface area contributed by atoms with E-state index in [-0.39, 0.29) is 30.7 Å². The minimum absolute atomic E-state index is 0.0255. The topological polar surface area (TPSA) is 81.8 Å². The van der Waals surface area contributed by atoms with Crippen LogP contribution in [0.1, 0.15) is 30.5 Å². The monoisotopic (exact) mass is 456 g/mol. The number of rotatable bonds is 7. The number of benzene rings is 2. The number of carbonyl (C=O) groups excluding carboxylic acids is 3. The van der Waals surface area contributed by atoms with Crippen LogP contribution in [0.25, 0.3) is 0 Å². The molecule has 170 valence electrons. The molecule has 1 saturated heterocycles. The van der Waals surface area contributed by atoms with Crippen LogP contribution >= 0.6 is 11.6 Å². The normalized spacial score (nSPS) is 15.2. The Morgan fingerprint density at radius 1 is 0.969 bits per heavy atom. The van der Waals surface area contributed by atoms with E-state index in [4.69, 9.17) is 11.6 Å². The molecule has 32 heavy (non-hydrogen) atoms. The Balaban J connectivity index is 1.49. The molecule has 1 atom stereocenters. The molecule has 7 nitrogen and oxygen atoms in total. The van der Waals surface area contributed by atoms with Crippen LogP contribution < -0.4 is 10.6 Å². The fourth-order valence-electron chi connectivity index (χ4n) is 3.69. The summed E-state index contributed by atoms with van der Waals surface area (Å²) in [5.74, 6) is -0.285. The van der Waals surface area contributed by atoms with Crippen molar-refractivity contribution in [2.45, 2.75) is 26.3 Å². The molecule has 0 radical (unpaired) electrons. The lowest BCUT2D eigenvalue weighted by molar-refractivity contribution is -0.133. The van der Waals surface area contributed by atoms with E-state index in [1.54, 1.807) is 17.0 Å². The SMILES string of the molecule is CC(=O)NC(CC(=O)N1CCN(CC(=O)Nc2ccc(C)cc2)CC1)c1ccc(Cl)cc1. The Labute approximate surface area is 193 Å². The standard InChI is InChI=1S/C24H29ClN4O3/c1-17-3-9-21(10-4-17)27-23(31)16-28-11-13-29(14-12-28)24(32)15-22(26-18(2)30)19-5-7-20(25)8-6-19/h3-10,22H,11-16H2,1-2H3,(H,26,30)(H,27,31). The van der Waals surface area contributed by atoms with Crippen molar-refractivity contribution in [3.05, 3.63) is 64.7 Å². The molecule has 0 spiro atoms. The molecule has 2 aromatic rings. The Bertz CT molecular complexity index is 939. The molecule has 0 saturated carbocycles. The van der Waals surface area contributed by atoms with Gasteiger partial charge in [0, 0.05) is 43.8 Å². The van der Waals surface area contributed by atoms with E-state index in [2.05, 4.69) is 10.6 Å². The second-order valence-electron chi connectivity index (χ2n) is 8.08. The summed E-state index contributed by atoms with van der Waals surface area (Å²) in [5.41, 5.74) is 2.76. The largest absolute Gasteiger partial charge is 0.349 e. The van der Waals surface area contributed by atoms with E-state index in [9.17, 15) is 14.4 Å². The van der Waals surface area contributed by atoms with Crippen LogP contribution in [0.5, 0.6) is 0 Å². The number of hydrogen-bond acceptors (Lipinski definition) is 4. The lowest BCUT2D eigenvalue weighted by Gasteiger charge is -2.35. The smallest absolute Gasteiger partial charge is 0.238 e. The molecular formula is C24H29ClN4O3. The maximum Gasteiger partial charge on any atom is 0.238 e. The van der Waals surface area contributed by atoms with Gasteiger partial charge in [-0.3, -0.25) is 19.3 Å². The summed E-state index contributed by atoms with van der Waals surface area (Å²) in [6, 6.07) is 14.4. The van der Waals surface area contributed by atoms with Crippen LogP contribution in [0, 0.1) is 6.92 Å². The fraction of sp³-hybridized carbons (Fsp3) is 0.375. The van der Waals surface area contributed by atoms with Gasteiger partial charge in [-0.25, -0.2) is 0 Å². The highest BCUT2D eigenvalue weighted by atomic mass is 35.5. The first-order valence-corrected chi connectivity index (χ1v) is 11.1. The molecule has 1 aliphatic heterocycles. The van der Waals surface area contributed by atoms with Gasteiger partial charge < -0.3 is 15.5 Å². The molecule has 1 heterocycles. The minimum atomic E-state index is -0.407. The lowest BCUT2D eigenvalue weighted by atomic mass is 10.0. The van der Waals surface area contributed by atoms with Crippen LogP contribution in [0.4, 0.5) is 5.69 Å². The van der Waals surface area contributed by atoms with Crippen molar-refractivity contribution in [2.75, 3.05) is 38.0 Å². The molecule has 1 aliphatic rings. The van der Waals surface area contributed by atoms with Crippen molar-refractivity contribution in [2.24, 2.45) is 0 Å². The Kier molecular flexibility index (Phi) is 8.25. The third-order valence-electron chi connectivity index (χ3n) is 5.46. The van der Waals surface area contributed by atoms with Crippen LogP contribution in [0.2, 0.25) is 5.02 Å². The Morgan fingerprint density at radius 3 is 2.19 bits per heavy atom. The van der Waals surface area contributed by atoms with Gasteiger partial charge in [-0.15, -0.1) is 0 Å². The summed E-state index contributed by atoms with van der Waals surface area (Å²) in [6.07, 6.45) is 0.176. The lowest BCUT2D eigenvalue weighted by Crippen LogP contribution is -2.51. The van der Waals surface area contributed by atoms with E-state index < -0.39 is 6.04 Å². The van der Waals surface area contributed by atoms with Gasteiger partial charge in [0.25, 0.3) is 0 Å². The van der Waals surface area contributed by atoms with Crippen molar-refractivity contribution in [1.29, 1.82) is 0 Å². The Morgan fingerprint density at radius 2 is 1.59 bits per heavy atom. The summed E-state index contributed by atoms with van der Waals surface area (Å²) < 4.78 is 0. The maximum absolute atomic E-state index is 12.9. The molecular weight excluding hydrogens is 428 g/mol. The van der Waals surface area contributed by atoms with Crippen molar-refractivity contribution >= 4 is 35.0 Å². The van der Waals surface area contributed by atoms with E-state index in [0.717, 1.165) is 16.8 Å². The number of nitrogens with zero attached hydrogens (tertiary/aromatic N) is 2. The van der Waals surface area contributed by atoms with Crippen molar-refractivity contribution in [3.8, 4) is 0 Å². The number of nitrogens with one attached hydrogen (secondary N) is 2. The van der Waals surface area contributed by atoms with Crippen LogP contribution in [0.15, 0.2) is 48.5 Å². The van der Waals surface area contributed by atoms with Gasteiger partial charge in [-0.1, -0.05) is 41.4 Å². The molecule has 0 aromatic heterocycles. The first kappa shape index (κ1) is 23.8. The highest BCUT2D eigenvalue weighted by Gasteiger charge is 2.25. The second kappa shape index (κ2) is 11.1.